The van der Waals surface area contributed by atoms with Gasteiger partial charge in [0.25, 0.3) is 0 Å². The first kappa shape index (κ1) is 31.3. The molecule has 0 radical (unpaired) electrons. The summed E-state index contributed by atoms with van der Waals surface area (Å²) >= 11 is 0. The molecule has 1 aromatic heterocycles. The standard InChI is InChI=1S/C39H48N2O/c1-5-13-33(19-12-18-30-14-8-6-9-15-30)36-28-40-38(41-29-36)34-23-21-32(22-24-34)26-35(37(42)27-39(2,3)4)25-20-31-16-10-7-11-17-31/h5,7,10-13,16-17,19,21-24,28-30,35H,1,6,8-9,14-15,18,20,25-27H2,2-4H3/b19-12-,33-13+. The number of Topliss-reactive ketones (excluding diaryl/α,β-unsaturated/α-hetero) is 1. The fourth-order valence-corrected chi connectivity index (χ4v) is 5.92. The number of aryl methyl sites for hydroxylation is 1. The first-order chi connectivity index (χ1) is 20.3. The Hall–Kier alpha value is -3.59. The highest BCUT2D eigenvalue weighted by atomic mass is 16.1. The van der Waals surface area contributed by atoms with Gasteiger partial charge in [-0.1, -0.05) is 138 Å². The van der Waals surface area contributed by atoms with Crippen LogP contribution in [0.25, 0.3) is 17.0 Å². The predicted molar refractivity (Wildman–Crippen MR) is 177 cm³/mol. The van der Waals surface area contributed by atoms with Gasteiger partial charge in [-0.05, 0) is 53.7 Å². The lowest BCUT2D eigenvalue weighted by atomic mass is 9.81. The Morgan fingerprint density at radius 1 is 0.952 bits per heavy atom. The van der Waals surface area contributed by atoms with Crippen molar-refractivity contribution in [1.29, 1.82) is 0 Å². The molecular weight excluding hydrogens is 512 g/mol. The molecule has 1 heterocycles. The van der Waals surface area contributed by atoms with Crippen LogP contribution in [0.5, 0.6) is 0 Å². The molecule has 1 aliphatic rings. The largest absolute Gasteiger partial charge is 0.299 e. The fourth-order valence-electron chi connectivity index (χ4n) is 5.92. The van der Waals surface area contributed by atoms with E-state index in [9.17, 15) is 4.79 Å². The maximum absolute atomic E-state index is 13.3. The van der Waals surface area contributed by atoms with Crippen LogP contribution < -0.4 is 0 Å². The zero-order valence-electron chi connectivity index (χ0n) is 25.9. The van der Waals surface area contributed by atoms with E-state index in [0.29, 0.717) is 18.0 Å². The molecule has 3 aromatic rings. The molecule has 1 saturated carbocycles. The van der Waals surface area contributed by atoms with Gasteiger partial charge >= 0.3 is 0 Å². The van der Waals surface area contributed by atoms with E-state index in [2.05, 4.69) is 88.0 Å². The van der Waals surface area contributed by atoms with Crippen LogP contribution in [-0.4, -0.2) is 15.8 Å². The number of ketones is 1. The van der Waals surface area contributed by atoms with Crippen molar-refractivity contribution in [3.8, 4) is 11.4 Å². The van der Waals surface area contributed by atoms with Crippen molar-refractivity contribution in [2.75, 3.05) is 0 Å². The number of rotatable bonds is 13. The van der Waals surface area contributed by atoms with E-state index in [-0.39, 0.29) is 11.3 Å². The number of hydrogen-bond acceptors (Lipinski definition) is 3. The molecule has 2 aromatic carbocycles. The highest BCUT2D eigenvalue weighted by Gasteiger charge is 2.24. The van der Waals surface area contributed by atoms with E-state index in [1.54, 1.807) is 0 Å². The number of nitrogens with zero attached hydrogens (tertiary/aromatic N) is 2. The molecule has 4 rings (SSSR count). The summed E-state index contributed by atoms with van der Waals surface area (Å²) in [5.41, 5.74) is 5.51. The van der Waals surface area contributed by atoms with E-state index in [0.717, 1.165) is 48.3 Å². The van der Waals surface area contributed by atoms with Crippen molar-refractivity contribution >= 4 is 11.4 Å². The second-order valence-corrected chi connectivity index (χ2v) is 13.1. The van der Waals surface area contributed by atoms with Gasteiger partial charge in [-0.15, -0.1) is 0 Å². The summed E-state index contributed by atoms with van der Waals surface area (Å²) < 4.78 is 0. The van der Waals surface area contributed by atoms with E-state index < -0.39 is 0 Å². The second kappa shape index (κ2) is 15.6. The molecule has 220 valence electrons. The maximum atomic E-state index is 13.3. The van der Waals surface area contributed by atoms with Gasteiger partial charge < -0.3 is 0 Å². The highest BCUT2D eigenvalue weighted by Crippen LogP contribution is 2.28. The number of benzene rings is 2. The normalized spacial score (nSPS) is 15.5. The summed E-state index contributed by atoms with van der Waals surface area (Å²) in [6.07, 6.45) is 23.3. The average Bonchev–Trinajstić information content (AvgIpc) is 2.99. The molecule has 0 spiro atoms. The van der Waals surface area contributed by atoms with E-state index in [1.165, 1.54) is 43.2 Å². The third kappa shape index (κ3) is 10.0. The second-order valence-electron chi connectivity index (χ2n) is 13.1. The lowest BCUT2D eigenvalue weighted by molar-refractivity contribution is -0.124. The summed E-state index contributed by atoms with van der Waals surface area (Å²) in [4.78, 5) is 22.7. The van der Waals surface area contributed by atoms with Crippen molar-refractivity contribution in [1.82, 2.24) is 9.97 Å². The van der Waals surface area contributed by atoms with Crippen LogP contribution in [0.3, 0.4) is 0 Å². The Balaban J connectivity index is 1.41. The number of carbonyl (C=O) groups excluding carboxylic acids is 1. The van der Waals surface area contributed by atoms with Crippen LogP contribution in [-0.2, 0) is 17.6 Å². The Bertz CT molecular complexity index is 1320. The average molecular weight is 561 g/mol. The number of carbonyl (C=O) groups is 1. The Morgan fingerprint density at radius 3 is 2.29 bits per heavy atom. The Morgan fingerprint density at radius 2 is 1.64 bits per heavy atom. The van der Waals surface area contributed by atoms with Crippen molar-refractivity contribution in [2.24, 2.45) is 17.3 Å². The van der Waals surface area contributed by atoms with Gasteiger partial charge in [0.05, 0.1) is 0 Å². The van der Waals surface area contributed by atoms with Crippen molar-refractivity contribution in [3.63, 3.8) is 0 Å². The third-order valence-electron chi connectivity index (χ3n) is 8.25. The van der Waals surface area contributed by atoms with Crippen LogP contribution in [0.2, 0.25) is 0 Å². The molecule has 1 atom stereocenters. The quantitative estimate of drug-likeness (QED) is 0.195. The monoisotopic (exact) mass is 560 g/mol. The van der Waals surface area contributed by atoms with Gasteiger partial charge in [-0.2, -0.15) is 0 Å². The number of hydrogen-bond donors (Lipinski definition) is 0. The van der Waals surface area contributed by atoms with Crippen molar-refractivity contribution in [2.45, 2.75) is 85.0 Å². The minimum atomic E-state index is -0.0126. The van der Waals surface area contributed by atoms with Crippen LogP contribution >= 0.6 is 0 Å². The van der Waals surface area contributed by atoms with E-state index in [4.69, 9.17) is 9.97 Å². The van der Waals surface area contributed by atoms with Crippen molar-refractivity contribution in [3.05, 3.63) is 115 Å². The zero-order chi connectivity index (χ0) is 29.8. The zero-order valence-corrected chi connectivity index (χ0v) is 25.9. The molecule has 0 bridgehead atoms. The van der Waals surface area contributed by atoms with Gasteiger partial charge in [0.1, 0.15) is 5.78 Å². The van der Waals surface area contributed by atoms with Gasteiger partial charge in [-0.3, -0.25) is 4.79 Å². The topological polar surface area (TPSA) is 42.9 Å². The Labute approximate surface area is 253 Å². The smallest absolute Gasteiger partial charge is 0.159 e. The van der Waals surface area contributed by atoms with Gasteiger partial charge in [0.15, 0.2) is 5.82 Å². The third-order valence-corrected chi connectivity index (χ3v) is 8.25. The predicted octanol–water partition coefficient (Wildman–Crippen LogP) is 10.0. The highest BCUT2D eigenvalue weighted by molar-refractivity contribution is 5.82. The lowest BCUT2D eigenvalue weighted by Crippen LogP contribution is -2.23. The molecule has 1 unspecified atom stereocenters. The number of aromatic nitrogens is 2. The molecule has 42 heavy (non-hydrogen) atoms. The van der Waals surface area contributed by atoms with Crippen LogP contribution in [0.4, 0.5) is 0 Å². The first-order valence-electron chi connectivity index (χ1n) is 15.8. The minimum absolute atomic E-state index is 0.00653. The molecule has 3 heteroatoms. The van der Waals surface area contributed by atoms with Gasteiger partial charge in [0, 0.05) is 35.9 Å². The van der Waals surface area contributed by atoms with Crippen molar-refractivity contribution < 1.29 is 4.79 Å². The summed E-state index contributed by atoms with van der Waals surface area (Å²) in [7, 11) is 0. The van der Waals surface area contributed by atoms with Crippen LogP contribution in [0, 0.1) is 17.3 Å². The summed E-state index contributed by atoms with van der Waals surface area (Å²) in [6, 6.07) is 18.9. The fraction of sp³-hybridized carbons (Fsp3) is 0.410. The van der Waals surface area contributed by atoms with Gasteiger partial charge in [0.2, 0.25) is 0 Å². The van der Waals surface area contributed by atoms with Crippen LogP contribution in [0.1, 0.15) is 88.8 Å². The van der Waals surface area contributed by atoms with Gasteiger partial charge in [-0.25, -0.2) is 9.97 Å². The maximum Gasteiger partial charge on any atom is 0.159 e. The summed E-state index contributed by atoms with van der Waals surface area (Å²) in [6.45, 7) is 10.3. The summed E-state index contributed by atoms with van der Waals surface area (Å²) in [5, 5.41) is 0. The SMILES string of the molecule is C=C/C=C(\C=C/CC1CCCCC1)c1cnc(-c2ccc(CC(CCc3ccccc3)C(=O)CC(C)(C)C)cc2)nc1. The molecule has 0 saturated heterocycles. The molecule has 1 fully saturated rings. The molecular formula is C39H48N2O. The first-order valence-corrected chi connectivity index (χ1v) is 15.8. The minimum Gasteiger partial charge on any atom is -0.299 e. The molecule has 0 aliphatic heterocycles. The van der Waals surface area contributed by atoms with E-state index in [1.807, 2.05) is 30.6 Å². The number of allylic oxidation sites excluding steroid dienone is 5. The summed E-state index contributed by atoms with van der Waals surface area (Å²) in [5.74, 6) is 1.89. The van der Waals surface area contributed by atoms with Crippen LogP contribution in [0.15, 0.2) is 97.9 Å². The molecule has 0 N–H and O–H groups in total. The lowest BCUT2D eigenvalue weighted by Gasteiger charge is -2.22. The van der Waals surface area contributed by atoms with E-state index >= 15 is 0 Å². The Kier molecular flexibility index (Phi) is 11.6. The molecule has 0 amide bonds. The molecule has 1 aliphatic carbocycles. The molecule has 3 nitrogen and oxygen atoms in total.